The average molecular weight is 743 g/mol. The second-order valence-corrected chi connectivity index (χ2v) is 16.0. The van der Waals surface area contributed by atoms with Gasteiger partial charge in [0.1, 0.15) is 0 Å². The van der Waals surface area contributed by atoms with E-state index < -0.39 is 0 Å². The fourth-order valence-corrected chi connectivity index (χ4v) is 10.2. The van der Waals surface area contributed by atoms with Crippen molar-refractivity contribution < 1.29 is 0 Å². The molecule has 0 atom stereocenters. The molecule has 0 aliphatic rings. The predicted octanol–water partition coefficient (Wildman–Crippen LogP) is 15.2. The van der Waals surface area contributed by atoms with Crippen molar-refractivity contribution >= 4 is 75.1 Å². The summed E-state index contributed by atoms with van der Waals surface area (Å²) in [6.45, 7) is 0. The molecule has 3 aromatic heterocycles. The number of fused-ring (bicyclic) bond motifs is 9. The summed E-state index contributed by atoms with van der Waals surface area (Å²) in [6.07, 6.45) is 0. The van der Waals surface area contributed by atoms with Gasteiger partial charge in [0.2, 0.25) is 0 Å². The van der Waals surface area contributed by atoms with Crippen molar-refractivity contribution in [1.82, 2.24) is 9.13 Å². The molecule has 57 heavy (non-hydrogen) atoms. The van der Waals surface area contributed by atoms with Crippen LogP contribution in [0.15, 0.2) is 206 Å². The average Bonchev–Trinajstić information content (AvgIpc) is 3.93. The summed E-state index contributed by atoms with van der Waals surface area (Å²) in [5.41, 5.74) is 14.4. The van der Waals surface area contributed by atoms with Crippen LogP contribution in [0.2, 0.25) is 0 Å². The van der Waals surface area contributed by atoms with E-state index in [0.717, 1.165) is 11.4 Å². The molecule has 0 bridgehead atoms. The van der Waals surface area contributed by atoms with Gasteiger partial charge in [0.25, 0.3) is 0 Å². The highest BCUT2D eigenvalue weighted by Crippen LogP contribution is 2.41. The molecule has 266 valence electrons. The second-order valence-electron chi connectivity index (χ2n) is 14.9. The monoisotopic (exact) mass is 742 g/mol. The van der Waals surface area contributed by atoms with Crippen molar-refractivity contribution in [2.75, 3.05) is 0 Å². The van der Waals surface area contributed by atoms with Crippen molar-refractivity contribution in [2.24, 2.45) is 0 Å². The summed E-state index contributed by atoms with van der Waals surface area (Å²) in [5.74, 6) is 0. The predicted molar refractivity (Wildman–Crippen MR) is 244 cm³/mol. The number of hydrogen-bond donors (Lipinski definition) is 0. The van der Waals surface area contributed by atoms with E-state index in [1.54, 1.807) is 0 Å². The topological polar surface area (TPSA) is 9.86 Å². The fraction of sp³-hybridized carbons (Fsp3) is 0. The first-order valence-corrected chi connectivity index (χ1v) is 20.3. The Morgan fingerprint density at radius 1 is 0.246 bits per heavy atom. The van der Waals surface area contributed by atoms with E-state index in [-0.39, 0.29) is 0 Å². The van der Waals surface area contributed by atoms with Gasteiger partial charge in [0.15, 0.2) is 0 Å². The van der Waals surface area contributed by atoms with Gasteiger partial charge in [0, 0.05) is 53.1 Å². The Balaban J connectivity index is 0.942. The van der Waals surface area contributed by atoms with Gasteiger partial charge in [-0.25, -0.2) is 0 Å². The molecule has 0 aliphatic carbocycles. The van der Waals surface area contributed by atoms with Crippen molar-refractivity contribution in [2.45, 2.75) is 0 Å². The number of rotatable bonds is 5. The van der Waals surface area contributed by atoms with Gasteiger partial charge >= 0.3 is 0 Å². The number of para-hydroxylation sites is 3. The first-order chi connectivity index (χ1) is 28.2. The lowest BCUT2D eigenvalue weighted by Gasteiger charge is -2.14. The van der Waals surface area contributed by atoms with E-state index in [0.29, 0.717) is 0 Å². The largest absolute Gasteiger partial charge is 0.309 e. The molecule has 0 spiro atoms. The summed E-state index contributed by atoms with van der Waals surface area (Å²) in [4.78, 5) is 0. The van der Waals surface area contributed by atoms with E-state index in [9.17, 15) is 0 Å². The molecule has 0 N–H and O–H groups in total. The third-order valence-electron chi connectivity index (χ3n) is 11.7. The van der Waals surface area contributed by atoms with Crippen LogP contribution in [0.3, 0.4) is 0 Å². The number of hydrogen-bond acceptors (Lipinski definition) is 1. The smallest absolute Gasteiger partial charge is 0.0548 e. The van der Waals surface area contributed by atoms with E-state index >= 15 is 0 Å². The molecule has 0 aliphatic heterocycles. The first-order valence-electron chi connectivity index (χ1n) is 19.5. The lowest BCUT2D eigenvalue weighted by atomic mass is 9.96. The Morgan fingerprint density at radius 3 is 1.32 bits per heavy atom. The van der Waals surface area contributed by atoms with Crippen LogP contribution >= 0.6 is 11.3 Å². The third-order valence-corrected chi connectivity index (χ3v) is 12.8. The molecule has 12 aromatic rings. The van der Waals surface area contributed by atoms with E-state index in [1.165, 1.54) is 97.2 Å². The van der Waals surface area contributed by atoms with Crippen LogP contribution in [0, 0.1) is 0 Å². The third kappa shape index (κ3) is 5.10. The number of benzene rings is 9. The molecule has 3 heteroatoms. The minimum absolute atomic E-state index is 1.15. The van der Waals surface area contributed by atoms with Crippen LogP contribution < -0.4 is 0 Å². The molecule has 0 amide bonds. The zero-order valence-corrected chi connectivity index (χ0v) is 31.7. The zero-order chi connectivity index (χ0) is 37.5. The van der Waals surface area contributed by atoms with Crippen LogP contribution in [0.1, 0.15) is 0 Å². The van der Waals surface area contributed by atoms with Gasteiger partial charge < -0.3 is 9.13 Å². The standard InChI is InChI=1S/C54H34N2S/c1-2-12-35(13-3-1)39-30-40(32-42(31-39)56-49-18-8-4-14-43(49)44-15-5-9-19-50(44)56)38-24-22-36(23-25-38)37-26-28-41(29-27-37)55-51-20-10-6-16-45(51)47-34-54-48(33-52(47)55)46-17-7-11-21-53(46)57-54/h1-34H. The maximum Gasteiger partial charge on any atom is 0.0548 e. The van der Waals surface area contributed by atoms with Gasteiger partial charge in [-0.15, -0.1) is 11.3 Å². The van der Waals surface area contributed by atoms with Gasteiger partial charge in [0.05, 0.1) is 22.1 Å². The molecule has 0 saturated carbocycles. The summed E-state index contributed by atoms with van der Waals surface area (Å²) < 4.78 is 7.51. The van der Waals surface area contributed by atoms with E-state index in [4.69, 9.17) is 0 Å². The Hall–Kier alpha value is -7.20. The quantitative estimate of drug-likeness (QED) is 0.166. The summed E-state index contributed by atoms with van der Waals surface area (Å²) in [7, 11) is 0. The molecule has 3 heterocycles. The molecule has 0 radical (unpaired) electrons. The van der Waals surface area contributed by atoms with Crippen molar-refractivity contribution in [3.63, 3.8) is 0 Å². The molecule has 0 fully saturated rings. The first kappa shape index (κ1) is 32.1. The number of aromatic nitrogens is 2. The molecule has 2 nitrogen and oxygen atoms in total. The molecule has 12 rings (SSSR count). The van der Waals surface area contributed by atoms with E-state index in [1.807, 2.05) is 11.3 Å². The maximum absolute atomic E-state index is 2.43. The highest BCUT2D eigenvalue weighted by molar-refractivity contribution is 7.25. The van der Waals surface area contributed by atoms with Crippen LogP contribution in [0.5, 0.6) is 0 Å². The highest BCUT2D eigenvalue weighted by atomic mass is 32.1. The molecule has 0 saturated heterocycles. The van der Waals surface area contributed by atoms with Gasteiger partial charge in [-0.1, -0.05) is 140 Å². The number of thiophene rings is 1. The highest BCUT2D eigenvalue weighted by Gasteiger charge is 2.17. The Labute approximate surface area is 333 Å². The maximum atomic E-state index is 2.43. The van der Waals surface area contributed by atoms with Crippen LogP contribution in [0.25, 0.3) is 109 Å². The molecule has 9 aromatic carbocycles. The van der Waals surface area contributed by atoms with Crippen LogP contribution in [-0.2, 0) is 0 Å². The fourth-order valence-electron chi connectivity index (χ4n) is 9.03. The van der Waals surface area contributed by atoms with Crippen LogP contribution in [0.4, 0.5) is 0 Å². The minimum atomic E-state index is 1.15. The number of nitrogens with zero attached hydrogens (tertiary/aromatic N) is 2. The summed E-state index contributed by atoms with van der Waals surface area (Å²) >= 11 is 1.88. The van der Waals surface area contributed by atoms with E-state index in [2.05, 4.69) is 215 Å². The van der Waals surface area contributed by atoms with Crippen molar-refractivity contribution in [3.8, 4) is 44.8 Å². The normalized spacial score (nSPS) is 11.9. The molecule has 0 unspecified atom stereocenters. The molecular weight excluding hydrogens is 709 g/mol. The lowest BCUT2D eigenvalue weighted by molar-refractivity contribution is 1.18. The zero-order valence-electron chi connectivity index (χ0n) is 30.9. The van der Waals surface area contributed by atoms with Gasteiger partial charge in [-0.2, -0.15) is 0 Å². The Bertz CT molecular complexity index is 3440. The van der Waals surface area contributed by atoms with Gasteiger partial charge in [-0.3, -0.25) is 0 Å². The van der Waals surface area contributed by atoms with Crippen LogP contribution in [-0.4, -0.2) is 9.13 Å². The van der Waals surface area contributed by atoms with Gasteiger partial charge in [-0.05, 0) is 100 Å². The SMILES string of the molecule is c1ccc(-c2cc(-c3ccc(-c4ccc(-n5c6ccccc6c6cc7sc8ccccc8c7cc65)cc4)cc3)cc(-n3c4ccccc4c4ccccc43)c2)cc1. The summed E-state index contributed by atoms with van der Waals surface area (Å²) in [6, 6.07) is 75.7. The summed E-state index contributed by atoms with van der Waals surface area (Å²) in [5, 5.41) is 7.75. The Kier molecular flexibility index (Phi) is 7.13. The molecular formula is C54H34N2S. The minimum Gasteiger partial charge on any atom is -0.309 e. The lowest BCUT2D eigenvalue weighted by Crippen LogP contribution is -1.96. The Morgan fingerprint density at radius 2 is 0.702 bits per heavy atom. The van der Waals surface area contributed by atoms with Crippen molar-refractivity contribution in [1.29, 1.82) is 0 Å². The second kappa shape index (κ2) is 12.7. The van der Waals surface area contributed by atoms with Crippen molar-refractivity contribution in [3.05, 3.63) is 206 Å².